The molecule has 0 aliphatic rings. The quantitative estimate of drug-likeness (QED) is 0.747. The zero-order chi connectivity index (χ0) is 10.7. The zero-order valence-electron chi connectivity index (χ0n) is 8.14. The van der Waals surface area contributed by atoms with Gasteiger partial charge in [-0.05, 0) is 30.5 Å². The predicted molar refractivity (Wildman–Crippen MR) is 64.3 cm³/mol. The summed E-state index contributed by atoms with van der Waals surface area (Å²) in [7, 11) is 0. The van der Waals surface area contributed by atoms with Crippen LogP contribution in [0.25, 0.3) is 11.3 Å². The molecular formula is C11H9ClN2S. The molecule has 4 heteroatoms. The summed E-state index contributed by atoms with van der Waals surface area (Å²) in [6, 6.07) is 7.78. The molecule has 0 amide bonds. The molecule has 1 heterocycles. The highest BCUT2D eigenvalue weighted by Crippen LogP contribution is 2.29. The van der Waals surface area contributed by atoms with Crippen LogP contribution in [0, 0.1) is 0 Å². The lowest BCUT2D eigenvalue weighted by Gasteiger charge is -2.04. The molecule has 0 radical (unpaired) electrons. The summed E-state index contributed by atoms with van der Waals surface area (Å²) in [5.74, 6) is 0. The number of benzene rings is 1. The van der Waals surface area contributed by atoms with E-state index < -0.39 is 0 Å². The van der Waals surface area contributed by atoms with Gasteiger partial charge in [0.2, 0.25) is 0 Å². The van der Waals surface area contributed by atoms with Gasteiger partial charge in [0.15, 0.2) is 0 Å². The molecule has 0 atom stereocenters. The fourth-order valence-electron chi connectivity index (χ4n) is 1.28. The molecule has 0 aliphatic heterocycles. The third kappa shape index (κ3) is 2.30. The van der Waals surface area contributed by atoms with Crippen LogP contribution in [0.3, 0.4) is 0 Å². The van der Waals surface area contributed by atoms with Crippen LogP contribution in [0.5, 0.6) is 0 Å². The smallest absolute Gasteiger partial charge is 0.116 e. The average Bonchev–Trinajstić information content (AvgIpc) is 2.31. The largest absolute Gasteiger partial charge is 0.245 e. The Kier molecular flexibility index (Phi) is 3.23. The third-order valence-electron chi connectivity index (χ3n) is 2.03. The van der Waals surface area contributed by atoms with E-state index in [4.69, 9.17) is 11.6 Å². The maximum absolute atomic E-state index is 6.12. The maximum atomic E-state index is 6.12. The highest BCUT2D eigenvalue weighted by Gasteiger charge is 2.05. The Morgan fingerprint density at radius 1 is 1.27 bits per heavy atom. The van der Waals surface area contributed by atoms with Crippen LogP contribution < -0.4 is 0 Å². The number of thioether (sulfide) groups is 1. The summed E-state index contributed by atoms with van der Waals surface area (Å²) >= 11 is 7.80. The fraction of sp³-hybridized carbons (Fsp3) is 0.0909. The summed E-state index contributed by atoms with van der Waals surface area (Å²) in [5.41, 5.74) is 1.80. The lowest BCUT2D eigenvalue weighted by atomic mass is 10.1. The van der Waals surface area contributed by atoms with Crippen molar-refractivity contribution in [3.8, 4) is 11.3 Å². The van der Waals surface area contributed by atoms with Gasteiger partial charge in [-0.25, -0.2) is 9.97 Å². The highest BCUT2D eigenvalue weighted by atomic mass is 35.5. The standard InChI is InChI=1S/C11H9ClN2S/c1-15-8-2-3-10(12)9(6-8)11-4-5-13-7-14-11/h2-7H,1H3. The predicted octanol–water partition coefficient (Wildman–Crippen LogP) is 3.52. The maximum Gasteiger partial charge on any atom is 0.116 e. The Balaban J connectivity index is 2.52. The van der Waals surface area contributed by atoms with Crippen molar-refractivity contribution < 1.29 is 0 Å². The van der Waals surface area contributed by atoms with Crippen LogP contribution in [-0.2, 0) is 0 Å². The second-order valence-corrected chi connectivity index (χ2v) is 4.23. The average molecular weight is 237 g/mol. The van der Waals surface area contributed by atoms with E-state index in [1.807, 2.05) is 30.5 Å². The van der Waals surface area contributed by atoms with Crippen LogP contribution in [0.4, 0.5) is 0 Å². The molecule has 0 unspecified atom stereocenters. The molecule has 0 bridgehead atoms. The van der Waals surface area contributed by atoms with Crippen LogP contribution in [0.1, 0.15) is 0 Å². The zero-order valence-corrected chi connectivity index (χ0v) is 9.72. The lowest BCUT2D eigenvalue weighted by Crippen LogP contribution is -1.85. The second kappa shape index (κ2) is 4.64. The minimum absolute atomic E-state index is 0.714. The molecule has 0 fully saturated rings. The Hall–Kier alpha value is -1.06. The van der Waals surface area contributed by atoms with Gasteiger partial charge >= 0.3 is 0 Å². The Labute approximate surface area is 97.7 Å². The van der Waals surface area contributed by atoms with Gasteiger partial charge in [0, 0.05) is 16.7 Å². The second-order valence-electron chi connectivity index (χ2n) is 2.94. The Morgan fingerprint density at radius 3 is 2.80 bits per heavy atom. The molecule has 76 valence electrons. The van der Waals surface area contributed by atoms with Crippen LogP contribution in [0.15, 0.2) is 41.7 Å². The van der Waals surface area contributed by atoms with Crippen molar-refractivity contribution in [2.24, 2.45) is 0 Å². The molecule has 2 rings (SSSR count). The minimum Gasteiger partial charge on any atom is -0.245 e. The number of halogens is 1. The van der Waals surface area contributed by atoms with Crippen molar-refractivity contribution in [3.63, 3.8) is 0 Å². The van der Waals surface area contributed by atoms with Crippen molar-refractivity contribution in [2.45, 2.75) is 4.90 Å². The van der Waals surface area contributed by atoms with E-state index in [9.17, 15) is 0 Å². The summed E-state index contributed by atoms with van der Waals surface area (Å²) < 4.78 is 0. The van der Waals surface area contributed by atoms with Crippen molar-refractivity contribution in [1.82, 2.24) is 9.97 Å². The molecule has 15 heavy (non-hydrogen) atoms. The van der Waals surface area contributed by atoms with Crippen LogP contribution in [0.2, 0.25) is 5.02 Å². The van der Waals surface area contributed by atoms with E-state index in [0.717, 1.165) is 11.3 Å². The van der Waals surface area contributed by atoms with E-state index in [2.05, 4.69) is 9.97 Å². The van der Waals surface area contributed by atoms with E-state index in [-0.39, 0.29) is 0 Å². The molecule has 0 spiro atoms. The molecule has 0 N–H and O–H groups in total. The molecule has 0 saturated heterocycles. The van der Waals surface area contributed by atoms with Crippen LogP contribution >= 0.6 is 23.4 Å². The van der Waals surface area contributed by atoms with Crippen molar-refractivity contribution in [2.75, 3.05) is 6.26 Å². The number of hydrogen-bond acceptors (Lipinski definition) is 3. The van der Waals surface area contributed by atoms with Gasteiger partial charge in [0.1, 0.15) is 6.33 Å². The Morgan fingerprint density at radius 2 is 2.13 bits per heavy atom. The molecular weight excluding hydrogens is 228 g/mol. The van der Waals surface area contributed by atoms with Crippen molar-refractivity contribution in [3.05, 3.63) is 41.8 Å². The van der Waals surface area contributed by atoms with Crippen molar-refractivity contribution in [1.29, 1.82) is 0 Å². The van der Waals surface area contributed by atoms with Gasteiger partial charge in [0.05, 0.1) is 10.7 Å². The molecule has 0 saturated carbocycles. The monoisotopic (exact) mass is 236 g/mol. The van der Waals surface area contributed by atoms with Gasteiger partial charge in [-0.1, -0.05) is 11.6 Å². The molecule has 2 nitrogen and oxygen atoms in total. The van der Waals surface area contributed by atoms with E-state index in [1.165, 1.54) is 11.2 Å². The highest BCUT2D eigenvalue weighted by molar-refractivity contribution is 7.98. The first-order chi connectivity index (χ1) is 7.31. The number of nitrogens with zero attached hydrogens (tertiary/aromatic N) is 2. The number of aromatic nitrogens is 2. The summed E-state index contributed by atoms with van der Waals surface area (Å²) in [5, 5.41) is 0.714. The SMILES string of the molecule is CSc1ccc(Cl)c(-c2ccncn2)c1. The van der Waals surface area contributed by atoms with E-state index >= 15 is 0 Å². The first kappa shape index (κ1) is 10.5. The first-order valence-electron chi connectivity index (χ1n) is 4.41. The van der Waals surface area contributed by atoms with E-state index in [1.54, 1.807) is 18.0 Å². The number of rotatable bonds is 2. The van der Waals surface area contributed by atoms with Gasteiger partial charge in [-0.3, -0.25) is 0 Å². The van der Waals surface area contributed by atoms with Gasteiger partial charge < -0.3 is 0 Å². The topological polar surface area (TPSA) is 25.8 Å². The minimum atomic E-state index is 0.714. The van der Waals surface area contributed by atoms with Crippen LogP contribution in [-0.4, -0.2) is 16.2 Å². The fourth-order valence-corrected chi connectivity index (χ4v) is 1.93. The third-order valence-corrected chi connectivity index (χ3v) is 3.09. The molecule has 2 aromatic rings. The summed E-state index contributed by atoms with van der Waals surface area (Å²) in [6.45, 7) is 0. The summed E-state index contributed by atoms with van der Waals surface area (Å²) in [4.78, 5) is 9.24. The van der Waals surface area contributed by atoms with Gasteiger partial charge in [-0.2, -0.15) is 0 Å². The number of hydrogen-bond donors (Lipinski definition) is 0. The normalized spacial score (nSPS) is 10.3. The van der Waals surface area contributed by atoms with Gasteiger partial charge in [0.25, 0.3) is 0 Å². The van der Waals surface area contributed by atoms with Gasteiger partial charge in [-0.15, -0.1) is 11.8 Å². The lowest BCUT2D eigenvalue weighted by molar-refractivity contribution is 1.17. The first-order valence-corrected chi connectivity index (χ1v) is 6.01. The molecule has 1 aromatic carbocycles. The Bertz CT molecular complexity index is 459. The summed E-state index contributed by atoms with van der Waals surface area (Å²) in [6.07, 6.45) is 5.27. The molecule has 0 aliphatic carbocycles. The van der Waals surface area contributed by atoms with E-state index in [0.29, 0.717) is 5.02 Å². The molecule has 1 aromatic heterocycles. The van der Waals surface area contributed by atoms with Crippen molar-refractivity contribution >= 4 is 23.4 Å².